The normalized spacial score (nSPS) is 22.6. The predicted octanol–water partition coefficient (Wildman–Crippen LogP) is -0.364. The number of hydrogen-bond donors (Lipinski definition) is 1. The van der Waals surface area contributed by atoms with Crippen molar-refractivity contribution in [3.8, 4) is 0 Å². The lowest BCUT2D eigenvalue weighted by atomic mass is 9.95. The van der Waals surface area contributed by atoms with Gasteiger partial charge in [0.2, 0.25) is 5.91 Å². The number of primary amides is 1. The number of carbonyl (C=O) groups is 2. The summed E-state index contributed by atoms with van der Waals surface area (Å²) in [6.07, 6.45) is 1.44. The molecule has 6 nitrogen and oxygen atoms in total. The third-order valence-electron chi connectivity index (χ3n) is 3.48. The number of morpholine rings is 1. The van der Waals surface area contributed by atoms with Crippen LogP contribution in [0, 0.1) is 5.92 Å². The minimum Gasteiger partial charge on any atom is -0.378 e. The van der Waals surface area contributed by atoms with Gasteiger partial charge >= 0.3 is 6.03 Å². The molecule has 3 amide bonds. The zero-order chi connectivity index (χ0) is 12.3. The lowest BCUT2D eigenvalue weighted by Gasteiger charge is -2.34. The van der Waals surface area contributed by atoms with E-state index in [1.807, 2.05) is 4.90 Å². The quantitative estimate of drug-likeness (QED) is 0.681. The van der Waals surface area contributed by atoms with E-state index >= 15 is 0 Å². The first kappa shape index (κ1) is 12.2. The Morgan fingerprint density at radius 2 is 1.59 bits per heavy atom. The molecule has 0 atom stereocenters. The second-order valence-electron chi connectivity index (χ2n) is 4.54. The van der Waals surface area contributed by atoms with Crippen LogP contribution in [-0.4, -0.2) is 61.1 Å². The average molecular weight is 241 g/mol. The van der Waals surface area contributed by atoms with Gasteiger partial charge in [-0.2, -0.15) is 0 Å². The number of rotatable bonds is 1. The first-order valence-corrected chi connectivity index (χ1v) is 6.09. The molecule has 2 N–H and O–H groups in total. The molecule has 2 heterocycles. The van der Waals surface area contributed by atoms with Crippen LogP contribution in [0.1, 0.15) is 12.8 Å². The number of nitrogens with two attached hydrogens (primary N) is 1. The molecule has 2 aliphatic rings. The van der Waals surface area contributed by atoms with Crippen molar-refractivity contribution >= 4 is 11.9 Å². The van der Waals surface area contributed by atoms with Crippen LogP contribution in [0.5, 0.6) is 0 Å². The van der Waals surface area contributed by atoms with Crippen LogP contribution >= 0.6 is 0 Å². The van der Waals surface area contributed by atoms with Crippen molar-refractivity contribution in [3.05, 3.63) is 0 Å². The first-order valence-electron chi connectivity index (χ1n) is 6.09. The fourth-order valence-electron chi connectivity index (χ4n) is 2.39. The Hall–Kier alpha value is -1.30. The molecule has 2 rings (SSSR count). The number of piperidine rings is 1. The Balaban J connectivity index is 1.83. The monoisotopic (exact) mass is 241 g/mol. The minimum atomic E-state index is -0.387. The highest BCUT2D eigenvalue weighted by molar-refractivity contribution is 5.79. The zero-order valence-electron chi connectivity index (χ0n) is 9.93. The number of hydrogen-bond acceptors (Lipinski definition) is 3. The highest BCUT2D eigenvalue weighted by Gasteiger charge is 2.30. The van der Waals surface area contributed by atoms with Gasteiger partial charge in [-0.3, -0.25) is 4.79 Å². The topological polar surface area (TPSA) is 75.9 Å². The van der Waals surface area contributed by atoms with E-state index in [9.17, 15) is 9.59 Å². The molecule has 0 bridgehead atoms. The van der Waals surface area contributed by atoms with Crippen LogP contribution < -0.4 is 5.73 Å². The van der Waals surface area contributed by atoms with E-state index in [0.29, 0.717) is 39.4 Å². The predicted molar refractivity (Wildman–Crippen MR) is 61.3 cm³/mol. The van der Waals surface area contributed by atoms with Crippen molar-refractivity contribution in [1.82, 2.24) is 9.80 Å². The Bertz CT molecular complexity index is 294. The van der Waals surface area contributed by atoms with Gasteiger partial charge in [0.1, 0.15) is 0 Å². The number of likely N-dealkylation sites (tertiary alicyclic amines) is 1. The van der Waals surface area contributed by atoms with E-state index in [4.69, 9.17) is 10.5 Å². The largest absolute Gasteiger partial charge is 0.378 e. The molecule has 0 unspecified atom stereocenters. The summed E-state index contributed by atoms with van der Waals surface area (Å²) in [5.41, 5.74) is 5.21. The standard InChI is InChI=1S/C11H19N3O3/c12-11(16)14-3-1-9(2-4-14)10(15)13-5-7-17-8-6-13/h9H,1-8H2,(H2,12,16). The van der Waals surface area contributed by atoms with Crippen LogP contribution in [0.15, 0.2) is 0 Å². The lowest BCUT2D eigenvalue weighted by molar-refractivity contribution is -0.141. The summed E-state index contributed by atoms with van der Waals surface area (Å²) in [4.78, 5) is 26.6. The molecule has 0 saturated carbocycles. The van der Waals surface area contributed by atoms with Gasteiger partial charge in [-0.05, 0) is 12.8 Å². The van der Waals surface area contributed by atoms with Crippen molar-refractivity contribution in [1.29, 1.82) is 0 Å². The summed E-state index contributed by atoms with van der Waals surface area (Å²) in [5.74, 6) is 0.251. The Morgan fingerprint density at radius 3 is 2.12 bits per heavy atom. The Kier molecular flexibility index (Phi) is 3.83. The Labute approximate surface area is 101 Å². The first-order chi connectivity index (χ1) is 8.18. The molecule has 0 aromatic heterocycles. The van der Waals surface area contributed by atoms with E-state index < -0.39 is 0 Å². The van der Waals surface area contributed by atoms with Crippen LogP contribution in [-0.2, 0) is 9.53 Å². The maximum absolute atomic E-state index is 12.2. The molecule has 2 aliphatic heterocycles. The molecular formula is C11H19N3O3. The molecular weight excluding hydrogens is 222 g/mol. The van der Waals surface area contributed by atoms with E-state index in [-0.39, 0.29) is 17.9 Å². The summed E-state index contributed by atoms with van der Waals surface area (Å²) >= 11 is 0. The highest BCUT2D eigenvalue weighted by atomic mass is 16.5. The third-order valence-corrected chi connectivity index (χ3v) is 3.48. The fraction of sp³-hybridized carbons (Fsp3) is 0.818. The van der Waals surface area contributed by atoms with Crippen molar-refractivity contribution in [3.63, 3.8) is 0 Å². The average Bonchev–Trinajstić information content (AvgIpc) is 2.39. The lowest BCUT2D eigenvalue weighted by Crippen LogP contribution is -2.48. The molecule has 6 heteroatoms. The van der Waals surface area contributed by atoms with E-state index in [1.165, 1.54) is 0 Å². The maximum atomic E-state index is 12.2. The van der Waals surface area contributed by atoms with Gasteiger partial charge in [0.05, 0.1) is 13.2 Å². The number of urea groups is 1. The van der Waals surface area contributed by atoms with Crippen molar-refractivity contribution in [2.24, 2.45) is 11.7 Å². The Morgan fingerprint density at radius 1 is 1.00 bits per heavy atom. The summed E-state index contributed by atoms with van der Waals surface area (Å²) in [5, 5.41) is 0. The zero-order valence-corrected chi connectivity index (χ0v) is 9.93. The molecule has 17 heavy (non-hydrogen) atoms. The summed E-state index contributed by atoms with van der Waals surface area (Å²) in [6.45, 7) is 3.83. The number of ether oxygens (including phenoxy) is 1. The van der Waals surface area contributed by atoms with Gasteiger partial charge in [0, 0.05) is 32.1 Å². The number of nitrogens with zero attached hydrogens (tertiary/aromatic N) is 2. The molecule has 0 aromatic rings. The third kappa shape index (κ3) is 2.88. The van der Waals surface area contributed by atoms with Gasteiger partial charge in [-0.25, -0.2) is 4.79 Å². The molecule has 0 aliphatic carbocycles. The molecule has 2 saturated heterocycles. The minimum absolute atomic E-state index is 0.0451. The van der Waals surface area contributed by atoms with E-state index in [2.05, 4.69) is 0 Å². The number of carbonyl (C=O) groups excluding carboxylic acids is 2. The van der Waals surface area contributed by atoms with Crippen molar-refractivity contribution in [2.75, 3.05) is 39.4 Å². The van der Waals surface area contributed by atoms with Crippen LogP contribution in [0.25, 0.3) is 0 Å². The van der Waals surface area contributed by atoms with Crippen LogP contribution in [0.3, 0.4) is 0 Å². The van der Waals surface area contributed by atoms with Crippen LogP contribution in [0.4, 0.5) is 4.79 Å². The second kappa shape index (κ2) is 5.35. The molecule has 2 fully saturated rings. The van der Waals surface area contributed by atoms with Crippen molar-refractivity contribution in [2.45, 2.75) is 12.8 Å². The van der Waals surface area contributed by atoms with Gasteiger partial charge < -0.3 is 20.3 Å². The van der Waals surface area contributed by atoms with E-state index in [1.54, 1.807) is 4.90 Å². The number of amides is 3. The fourth-order valence-corrected chi connectivity index (χ4v) is 2.39. The molecule has 96 valence electrons. The van der Waals surface area contributed by atoms with E-state index in [0.717, 1.165) is 12.8 Å². The maximum Gasteiger partial charge on any atom is 0.314 e. The smallest absolute Gasteiger partial charge is 0.314 e. The van der Waals surface area contributed by atoms with Crippen LogP contribution in [0.2, 0.25) is 0 Å². The summed E-state index contributed by atoms with van der Waals surface area (Å²) in [7, 11) is 0. The van der Waals surface area contributed by atoms with Gasteiger partial charge in [-0.1, -0.05) is 0 Å². The van der Waals surface area contributed by atoms with Gasteiger partial charge in [0.25, 0.3) is 0 Å². The summed E-state index contributed by atoms with van der Waals surface area (Å²) in [6, 6.07) is -0.387. The molecule has 0 radical (unpaired) electrons. The van der Waals surface area contributed by atoms with Gasteiger partial charge in [-0.15, -0.1) is 0 Å². The molecule has 0 aromatic carbocycles. The highest BCUT2D eigenvalue weighted by Crippen LogP contribution is 2.20. The summed E-state index contributed by atoms with van der Waals surface area (Å²) < 4.78 is 5.22. The molecule has 0 spiro atoms. The van der Waals surface area contributed by atoms with Gasteiger partial charge in [0.15, 0.2) is 0 Å². The second-order valence-corrected chi connectivity index (χ2v) is 4.54. The SMILES string of the molecule is NC(=O)N1CCC(C(=O)N2CCOCC2)CC1. The van der Waals surface area contributed by atoms with Crippen molar-refractivity contribution < 1.29 is 14.3 Å².